The molecule has 0 aromatic heterocycles. The molecule has 1 aromatic carbocycles. The molecule has 0 radical (unpaired) electrons. The summed E-state index contributed by atoms with van der Waals surface area (Å²) in [6, 6.07) is 5.38. The van der Waals surface area contributed by atoms with E-state index < -0.39 is 17.9 Å². The molecule has 2 amide bonds. The Morgan fingerprint density at radius 2 is 1.83 bits per heavy atom. The maximum absolute atomic E-state index is 11.8. The molecule has 0 unspecified atom stereocenters. The van der Waals surface area contributed by atoms with Crippen LogP contribution in [0.1, 0.15) is 24.2 Å². The number of carbonyl (C=O) groups excluding carboxylic acids is 2. The molecule has 0 aliphatic heterocycles. The van der Waals surface area contributed by atoms with E-state index in [1.165, 1.54) is 19.9 Å². The highest BCUT2D eigenvalue weighted by molar-refractivity contribution is 6.04. The lowest BCUT2D eigenvalue weighted by Gasteiger charge is -2.12. The fourth-order valence-electron chi connectivity index (χ4n) is 1.32. The maximum atomic E-state index is 11.8. The second kappa shape index (κ2) is 5.81. The molecule has 3 N–H and O–H groups in total. The minimum Gasteiger partial charge on any atom is -0.480 e. The average Bonchev–Trinajstić information content (AvgIpc) is 2.28. The highest BCUT2D eigenvalue weighted by Crippen LogP contribution is 2.14. The molecular formula is C12H14N2O4. The van der Waals surface area contributed by atoms with Crippen molar-refractivity contribution in [1.29, 1.82) is 0 Å². The molecule has 6 heteroatoms. The van der Waals surface area contributed by atoms with Gasteiger partial charge in [0, 0.05) is 6.92 Å². The van der Waals surface area contributed by atoms with Gasteiger partial charge in [0.25, 0.3) is 5.91 Å². The van der Waals surface area contributed by atoms with Gasteiger partial charge in [-0.15, -0.1) is 0 Å². The molecule has 1 atom stereocenters. The fourth-order valence-corrected chi connectivity index (χ4v) is 1.32. The molecule has 6 nitrogen and oxygen atoms in total. The van der Waals surface area contributed by atoms with Gasteiger partial charge >= 0.3 is 5.97 Å². The largest absolute Gasteiger partial charge is 0.480 e. The minimum absolute atomic E-state index is 0.223. The first kappa shape index (κ1) is 13.7. The molecule has 0 saturated carbocycles. The average molecular weight is 250 g/mol. The van der Waals surface area contributed by atoms with Crippen molar-refractivity contribution < 1.29 is 19.5 Å². The van der Waals surface area contributed by atoms with Crippen molar-refractivity contribution >= 4 is 23.5 Å². The van der Waals surface area contributed by atoms with Crippen LogP contribution in [0.5, 0.6) is 0 Å². The van der Waals surface area contributed by atoms with Crippen molar-refractivity contribution in [3.8, 4) is 0 Å². The molecule has 0 spiro atoms. The number of rotatable bonds is 4. The number of anilines is 1. The first-order valence-corrected chi connectivity index (χ1v) is 5.32. The summed E-state index contributed by atoms with van der Waals surface area (Å²) >= 11 is 0. The monoisotopic (exact) mass is 250 g/mol. The molecule has 0 fully saturated rings. The molecule has 18 heavy (non-hydrogen) atoms. The van der Waals surface area contributed by atoms with E-state index in [0.29, 0.717) is 5.69 Å². The van der Waals surface area contributed by atoms with Gasteiger partial charge in [0.2, 0.25) is 5.91 Å². The first-order chi connectivity index (χ1) is 8.41. The molecule has 96 valence electrons. The van der Waals surface area contributed by atoms with Gasteiger partial charge in [-0.25, -0.2) is 0 Å². The minimum atomic E-state index is -1.12. The van der Waals surface area contributed by atoms with Crippen LogP contribution in [0.25, 0.3) is 0 Å². The number of aliphatic carboxylic acids is 1. The lowest BCUT2D eigenvalue weighted by Crippen LogP contribution is -2.38. The second-order valence-corrected chi connectivity index (χ2v) is 3.76. The van der Waals surface area contributed by atoms with E-state index in [1.54, 1.807) is 18.2 Å². The van der Waals surface area contributed by atoms with E-state index in [4.69, 9.17) is 5.11 Å². The summed E-state index contributed by atoms with van der Waals surface area (Å²) in [5.74, 6) is -1.98. The maximum Gasteiger partial charge on any atom is 0.325 e. The second-order valence-electron chi connectivity index (χ2n) is 3.76. The summed E-state index contributed by atoms with van der Waals surface area (Å²) in [4.78, 5) is 33.5. The predicted molar refractivity (Wildman–Crippen MR) is 65.3 cm³/mol. The number of hydrogen-bond donors (Lipinski definition) is 3. The topological polar surface area (TPSA) is 95.5 Å². The Labute approximate surface area is 104 Å². The Bertz CT molecular complexity index is 485. The number of carboxylic acid groups (broad SMARTS) is 1. The Hall–Kier alpha value is -2.37. The summed E-state index contributed by atoms with van der Waals surface area (Å²) in [5.41, 5.74) is 0.570. The summed E-state index contributed by atoms with van der Waals surface area (Å²) in [5, 5.41) is 13.5. The van der Waals surface area contributed by atoms with Crippen LogP contribution < -0.4 is 10.6 Å². The van der Waals surface area contributed by atoms with Gasteiger partial charge in [-0.3, -0.25) is 14.4 Å². The van der Waals surface area contributed by atoms with E-state index >= 15 is 0 Å². The standard InChI is InChI=1S/C12H14N2O4/c1-7(12(17)18)13-11(16)9-5-3-4-6-10(9)14-8(2)15/h3-7H,1-2H3,(H,13,16)(H,14,15)(H,17,18)/t7-/m1/s1. The zero-order valence-electron chi connectivity index (χ0n) is 10.1. The quantitative estimate of drug-likeness (QED) is 0.738. The van der Waals surface area contributed by atoms with Gasteiger partial charge < -0.3 is 15.7 Å². The van der Waals surface area contributed by atoms with E-state index in [0.717, 1.165) is 0 Å². The van der Waals surface area contributed by atoms with Crippen molar-refractivity contribution in [1.82, 2.24) is 5.32 Å². The zero-order valence-corrected chi connectivity index (χ0v) is 10.1. The molecule has 0 heterocycles. The Kier molecular flexibility index (Phi) is 4.42. The van der Waals surface area contributed by atoms with Crippen LogP contribution in [0, 0.1) is 0 Å². The van der Waals surface area contributed by atoms with Gasteiger partial charge in [0.15, 0.2) is 0 Å². The summed E-state index contributed by atoms with van der Waals surface area (Å²) in [7, 11) is 0. The molecule has 1 rings (SSSR count). The predicted octanol–water partition coefficient (Wildman–Crippen LogP) is 0.848. The Balaban J connectivity index is 2.91. The van der Waals surface area contributed by atoms with Gasteiger partial charge in [0.1, 0.15) is 6.04 Å². The number of amides is 2. The van der Waals surface area contributed by atoms with Crippen molar-refractivity contribution in [2.24, 2.45) is 0 Å². The van der Waals surface area contributed by atoms with E-state index in [2.05, 4.69) is 10.6 Å². The number of para-hydroxylation sites is 1. The van der Waals surface area contributed by atoms with Crippen LogP contribution in [0.4, 0.5) is 5.69 Å². The first-order valence-electron chi connectivity index (χ1n) is 5.32. The molecule has 0 saturated heterocycles. The van der Waals surface area contributed by atoms with E-state index in [1.807, 2.05) is 0 Å². The molecule has 0 aliphatic carbocycles. The van der Waals surface area contributed by atoms with Crippen LogP contribution >= 0.6 is 0 Å². The molecule has 0 bridgehead atoms. The number of benzene rings is 1. The van der Waals surface area contributed by atoms with Gasteiger partial charge in [-0.2, -0.15) is 0 Å². The summed E-state index contributed by atoms with van der Waals surface area (Å²) in [6.45, 7) is 2.69. The molecular weight excluding hydrogens is 236 g/mol. The van der Waals surface area contributed by atoms with Gasteiger partial charge in [-0.1, -0.05) is 12.1 Å². The van der Waals surface area contributed by atoms with Gasteiger partial charge in [0.05, 0.1) is 11.3 Å². The number of carbonyl (C=O) groups is 3. The van der Waals surface area contributed by atoms with E-state index in [9.17, 15) is 14.4 Å². The Morgan fingerprint density at radius 3 is 2.39 bits per heavy atom. The van der Waals surface area contributed by atoms with E-state index in [-0.39, 0.29) is 11.5 Å². The molecule has 1 aromatic rings. The number of nitrogens with one attached hydrogen (secondary N) is 2. The number of carboxylic acids is 1. The number of hydrogen-bond acceptors (Lipinski definition) is 3. The van der Waals surface area contributed by atoms with Crippen LogP contribution in [-0.4, -0.2) is 28.9 Å². The smallest absolute Gasteiger partial charge is 0.325 e. The fraction of sp³-hybridized carbons (Fsp3) is 0.250. The highest BCUT2D eigenvalue weighted by Gasteiger charge is 2.17. The van der Waals surface area contributed by atoms with Crippen molar-refractivity contribution in [3.05, 3.63) is 29.8 Å². The van der Waals surface area contributed by atoms with Crippen LogP contribution in [0.15, 0.2) is 24.3 Å². The van der Waals surface area contributed by atoms with Crippen molar-refractivity contribution in [2.45, 2.75) is 19.9 Å². The lowest BCUT2D eigenvalue weighted by molar-refractivity contribution is -0.138. The summed E-state index contributed by atoms with van der Waals surface area (Å²) < 4.78 is 0. The Morgan fingerprint density at radius 1 is 1.22 bits per heavy atom. The van der Waals surface area contributed by atoms with Crippen molar-refractivity contribution in [3.63, 3.8) is 0 Å². The van der Waals surface area contributed by atoms with Crippen LogP contribution in [0.2, 0.25) is 0 Å². The highest BCUT2D eigenvalue weighted by atomic mass is 16.4. The third-order valence-corrected chi connectivity index (χ3v) is 2.20. The zero-order chi connectivity index (χ0) is 13.7. The van der Waals surface area contributed by atoms with Crippen LogP contribution in [0.3, 0.4) is 0 Å². The van der Waals surface area contributed by atoms with Gasteiger partial charge in [-0.05, 0) is 19.1 Å². The lowest BCUT2D eigenvalue weighted by atomic mass is 10.1. The SMILES string of the molecule is CC(=O)Nc1ccccc1C(=O)N[C@H](C)C(=O)O. The third kappa shape index (κ3) is 3.58. The van der Waals surface area contributed by atoms with Crippen molar-refractivity contribution in [2.75, 3.05) is 5.32 Å². The normalized spacial score (nSPS) is 11.4. The molecule has 0 aliphatic rings. The van der Waals surface area contributed by atoms with Crippen LogP contribution in [-0.2, 0) is 9.59 Å². The third-order valence-electron chi connectivity index (χ3n) is 2.20. The summed E-state index contributed by atoms with van der Waals surface area (Å²) in [6.07, 6.45) is 0.